The Balaban J connectivity index is 1.43. The average Bonchev–Trinajstić information content (AvgIpc) is 3.25. The molecule has 0 unspecified atom stereocenters. The number of carbonyl (C=O) groups is 3. The molecule has 154 valence electrons. The minimum atomic E-state index is -0.920. The van der Waals surface area contributed by atoms with Crippen molar-refractivity contribution in [3.8, 4) is 0 Å². The number of hydrogen-bond acceptors (Lipinski definition) is 5. The molecule has 0 spiro atoms. The lowest BCUT2D eigenvalue weighted by Gasteiger charge is -2.31. The number of piperidine rings is 1. The van der Waals surface area contributed by atoms with Gasteiger partial charge < -0.3 is 19.4 Å². The SMILES string of the molecule is C[C@@H](OC(=O)C1CCN(C(=O)c2ccc(F)cc2)CC1)C(=O)NCc1ccco1. The number of ether oxygens (including phenoxy) is 1. The molecule has 1 aliphatic heterocycles. The van der Waals surface area contributed by atoms with E-state index >= 15 is 0 Å². The Morgan fingerprint density at radius 2 is 1.90 bits per heavy atom. The van der Waals surface area contributed by atoms with Crippen LogP contribution in [-0.4, -0.2) is 41.9 Å². The van der Waals surface area contributed by atoms with Gasteiger partial charge in [-0.05, 0) is 56.2 Å². The molecular weight excluding hydrogens is 379 g/mol. The fourth-order valence-electron chi connectivity index (χ4n) is 3.15. The van der Waals surface area contributed by atoms with Gasteiger partial charge in [-0.25, -0.2) is 4.39 Å². The summed E-state index contributed by atoms with van der Waals surface area (Å²) in [5.41, 5.74) is 0.411. The second-order valence-corrected chi connectivity index (χ2v) is 6.95. The predicted molar refractivity (Wildman–Crippen MR) is 101 cm³/mol. The zero-order chi connectivity index (χ0) is 20.8. The summed E-state index contributed by atoms with van der Waals surface area (Å²) in [6.07, 6.45) is 1.49. The number of benzene rings is 1. The number of nitrogens with one attached hydrogen (secondary N) is 1. The summed E-state index contributed by atoms with van der Waals surface area (Å²) in [6, 6.07) is 8.84. The minimum Gasteiger partial charge on any atom is -0.467 e. The first-order valence-corrected chi connectivity index (χ1v) is 9.49. The summed E-state index contributed by atoms with van der Waals surface area (Å²) < 4.78 is 23.4. The fraction of sp³-hybridized carbons (Fsp3) is 0.381. The van der Waals surface area contributed by atoms with Crippen LogP contribution >= 0.6 is 0 Å². The smallest absolute Gasteiger partial charge is 0.309 e. The number of nitrogens with zero attached hydrogens (tertiary/aromatic N) is 1. The average molecular weight is 402 g/mol. The number of esters is 1. The normalized spacial score (nSPS) is 15.6. The molecule has 2 amide bonds. The molecule has 1 aromatic heterocycles. The van der Waals surface area contributed by atoms with Crippen molar-refractivity contribution in [3.63, 3.8) is 0 Å². The third-order valence-electron chi connectivity index (χ3n) is 4.89. The molecule has 1 N–H and O–H groups in total. The quantitative estimate of drug-likeness (QED) is 0.750. The maximum absolute atomic E-state index is 13.0. The maximum atomic E-state index is 13.0. The van der Waals surface area contributed by atoms with Gasteiger partial charge in [0.25, 0.3) is 11.8 Å². The number of carbonyl (C=O) groups excluding carboxylic acids is 3. The van der Waals surface area contributed by atoms with Gasteiger partial charge in [0.1, 0.15) is 11.6 Å². The number of amides is 2. The van der Waals surface area contributed by atoms with E-state index in [0.29, 0.717) is 37.3 Å². The molecule has 1 saturated heterocycles. The molecular formula is C21H23FN2O5. The Labute approximate surface area is 167 Å². The van der Waals surface area contributed by atoms with E-state index in [0.717, 1.165) is 0 Å². The fourth-order valence-corrected chi connectivity index (χ4v) is 3.15. The molecule has 3 rings (SSSR count). The Morgan fingerprint density at radius 1 is 1.21 bits per heavy atom. The van der Waals surface area contributed by atoms with Gasteiger partial charge in [-0.15, -0.1) is 0 Å². The van der Waals surface area contributed by atoms with Gasteiger partial charge in [0, 0.05) is 18.7 Å². The number of hydrogen-bond donors (Lipinski definition) is 1. The van der Waals surface area contributed by atoms with Crippen LogP contribution in [0.4, 0.5) is 4.39 Å². The molecule has 2 heterocycles. The molecule has 0 radical (unpaired) electrons. The van der Waals surface area contributed by atoms with Gasteiger partial charge in [0.2, 0.25) is 0 Å². The van der Waals surface area contributed by atoms with Crippen LogP contribution < -0.4 is 5.32 Å². The summed E-state index contributed by atoms with van der Waals surface area (Å²) in [5.74, 6) is -1.20. The van der Waals surface area contributed by atoms with Crippen molar-refractivity contribution >= 4 is 17.8 Å². The van der Waals surface area contributed by atoms with Gasteiger partial charge in [-0.1, -0.05) is 0 Å². The second-order valence-electron chi connectivity index (χ2n) is 6.95. The van der Waals surface area contributed by atoms with Crippen LogP contribution in [-0.2, 0) is 20.9 Å². The zero-order valence-electron chi connectivity index (χ0n) is 16.1. The zero-order valence-corrected chi connectivity index (χ0v) is 16.1. The molecule has 8 heteroatoms. The molecule has 1 fully saturated rings. The van der Waals surface area contributed by atoms with Gasteiger partial charge in [0.05, 0.1) is 18.7 Å². The summed E-state index contributed by atoms with van der Waals surface area (Å²) >= 11 is 0. The molecule has 1 aromatic carbocycles. The van der Waals surface area contributed by atoms with Crippen molar-refractivity contribution in [2.45, 2.75) is 32.4 Å². The van der Waals surface area contributed by atoms with Crippen LogP contribution in [0.15, 0.2) is 47.1 Å². The summed E-state index contributed by atoms with van der Waals surface area (Å²) in [5, 5.41) is 2.65. The number of halogens is 1. The van der Waals surface area contributed by atoms with Crippen molar-refractivity contribution in [1.29, 1.82) is 0 Å². The topological polar surface area (TPSA) is 88.8 Å². The molecule has 29 heavy (non-hydrogen) atoms. The van der Waals surface area contributed by atoms with Gasteiger partial charge in [-0.2, -0.15) is 0 Å². The molecule has 0 bridgehead atoms. The summed E-state index contributed by atoms with van der Waals surface area (Å²) in [6.45, 7) is 2.53. The van der Waals surface area contributed by atoms with Gasteiger partial charge >= 0.3 is 5.97 Å². The largest absolute Gasteiger partial charge is 0.467 e. The molecule has 2 aromatic rings. The minimum absolute atomic E-state index is 0.192. The monoisotopic (exact) mass is 402 g/mol. The first-order valence-electron chi connectivity index (χ1n) is 9.49. The van der Waals surface area contributed by atoms with Crippen molar-refractivity contribution in [1.82, 2.24) is 10.2 Å². The van der Waals surface area contributed by atoms with Crippen LogP contribution in [0.1, 0.15) is 35.9 Å². The van der Waals surface area contributed by atoms with E-state index in [1.165, 1.54) is 37.5 Å². The lowest BCUT2D eigenvalue weighted by atomic mass is 9.96. The van der Waals surface area contributed by atoms with E-state index in [4.69, 9.17) is 9.15 Å². The summed E-state index contributed by atoms with van der Waals surface area (Å²) in [7, 11) is 0. The third-order valence-corrected chi connectivity index (χ3v) is 4.89. The Hall–Kier alpha value is -3.16. The van der Waals surface area contributed by atoms with E-state index in [-0.39, 0.29) is 18.4 Å². The van der Waals surface area contributed by atoms with Gasteiger partial charge in [0.15, 0.2) is 6.10 Å². The van der Waals surface area contributed by atoms with Crippen LogP contribution in [0.3, 0.4) is 0 Å². The van der Waals surface area contributed by atoms with E-state index in [1.807, 2.05) is 0 Å². The van der Waals surface area contributed by atoms with Crippen molar-refractivity contribution in [3.05, 3.63) is 59.8 Å². The molecule has 1 atom stereocenters. The molecule has 0 aliphatic carbocycles. The van der Waals surface area contributed by atoms with Crippen molar-refractivity contribution in [2.75, 3.05) is 13.1 Å². The van der Waals surface area contributed by atoms with Crippen LogP contribution in [0.2, 0.25) is 0 Å². The first kappa shape index (κ1) is 20.6. The number of likely N-dealkylation sites (tertiary alicyclic amines) is 1. The Bertz CT molecular complexity index is 842. The van der Waals surface area contributed by atoms with E-state index < -0.39 is 23.8 Å². The van der Waals surface area contributed by atoms with E-state index in [2.05, 4.69) is 5.32 Å². The molecule has 0 saturated carbocycles. The van der Waals surface area contributed by atoms with Crippen LogP contribution in [0, 0.1) is 11.7 Å². The van der Waals surface area contributed by atoms with Crippen molar-refractivity contribution < 1.29 is 27.9 Å². The van der Waals surface area contributed by atoms with E-state index in [1.54, 1.807) is 17.0 Å². The highest BCUT2D eigenvalue weighted by Gasteiger charge is 2.30. The molecule has 7 nitrogen and oxygen atoms in total. The Morgan fingerprint density at radius 3 is 2.52 bits per heavy atom. The second kappa shape index (κ2) is 9.36. The van der Waals surface area contributed by atoms with Crippen LogP contribution in [0.5, 0.6) is 0 Å². The third kappa shape index (κ3) is 5.43. The highest BCUT2D eigenvalue weighted by atomic mass is 19.1. The lowest BCUT2D eigenvalue weighted by Crippen LogP contribution is -2.42. The lowest BCUT2D eigenvalue weighted by molar-refractivity contribution is -0.160. The summed E-state index contributed by atoms with van der Waals surface area (Å²) in [4.78, 5) is 38.5. The number of furan rings is 1. The van der Waals surface area contributed by atoms with Gasteiger partial charge in [-0.3, -0.25) is 14.4 Å². The Kier molecular flexibility index (Phi) is 6.64. The first-order chi connectivity index (χ1) is 13.9. The number of rotatable bonds is 6. The van der Waals surface area contributed by atoms with Crippen molar-refractivity contribution in [2.24, 2.45) is 5.92 Å². The van der Waals surface area contributed by atoms with E-state index in [9.17, 15) is 18.8 Å². The highest BCUT2D eigenvalue weighted by Crippen LogP contribution is 2.21. The maximum Gasteiger partial charge on any atom is 0.309 e. The van der Waals surface area contributed by atoms with Crippen LogP contribution in [0.25, 0.3) is 0 Å². The standard InChI is InChI=1S/C21H23FN2O5/c1-14(19(25)23-13-18-3-2-12-28-18)29-21(27)16-8-10-24(11-9-16)20(26)15-4-6-17(22)7-5-15/h2-7,12,14,16H,8-11,13H2,1H3,(H,23,25)/t14-/m1/s1. The predicted octanol–water partition coefficient (Wildman–Crippen LogP) is 2.52. The molecule has 1 aliphatic rings. The highest BCUT2D eigenvalue weighted by molar-refractivity contribution is 5.94.